The summed E-state index contributed by atoms with van der Waals surface area (Å²) in [4.78, 5) is 115. The third-order valence-corrected chi connectivity index (χ3v) is 17.2. The number of nitrogens with two attached hydrogens (primary N) is 2. The molecule has 2 aromatic rings. The van der Waals surface area contributed by atoms with Gasteiger partial charge in [0.1, 0.15) is 37.0 Å². The van der Waals surface area contributed by atoms with Gasteiger partial charge in [0.2, 0.25) is 11.8 Å². The van der Waals surface area contributed by atoms with E-state index in [1.54, 1.807) is 0 Å². The summed E-state index contributed by atoms with van der Waals surface area (Å²) in [5, 5.41) is 17.6. The summed E-state index contributed by atoms with van der Waals surface area (Å²) in [6, 6.07) is 15.3. The Morgan fingerprint density at radius 2 is 0.961 bits per heavy atom. The van der Waals surface area contributed by atoms with Gasteiger partial charge in [-0.15, -0.1) is 0 Å². The van der Waals surface area contributed by atoms with Crippen molar-refractivity contribution in [2.75, 3.05) is 13.2 Å². The highest BCUT2D eigenvalue weighted by Gasteiger charge is 2.60. The third kappa shape index (κ3) is 14.9. The molecular formula is C49H66N4O22Si. The fourth-order valence-corrected chi connectivity index (χ4v) is 14.1. The first-order valence-electron chi connectivity index (χ1n) is 24.0. The van der Waals surface area contributed by atoms with Gasteiger partial charge in [0.25, 0.3) is 14.2 Å². The number of aliphatic hydroxyl groups is 1. The van der Waals surface area contributed by atoms with Crippen LogP contribution < -0.4 is 32.5 Å². The van der Waals surface area contributed by atoms with Crippen LogP contribution in [0.2, 0.25) is 5.04 Å². The van der Waals surface area contributed by atoms with E-state index < -0.39 is 172 Å². The molecule has 0 radical (unpaired) electrons. The van der Waals surface area contributed by atoms with Crippen molar-refractivity contribution >= 4 is 72.4 Å². The van der Waals surface area contributed by atoms with Crippen molar-refractivity contribution in [3.05, 3.63) is 60.7 Å². The average molecular weight is 1090 g/mol. The molecule has 3 aliphatic heterocycles. The van der Waals surface area contributed by atoms with Crippen LogP contribution in [0.25, 0.3) is 0 Å². The van der Waals surface area contributed by atoms with E-state index in [1.165, 1.54) is 0 Å². The van der Waals surface area contributed by atoms with Crippen LogP contribution in [-0.4, -0.2) is 172 Å². The Bertz CT molecular complexity index is 2370. The van der Waals surface area contributed by atoms with Crippen LogP contribution in [0.3, 0.4) is 0 Å². The van der Waals surface area contributed by atoms with Crippen LogP contribution >= 0.6 is 0 Å². The lowest BCUT2D eigenvalue weighted by molar-refractivity contribution is -0.359. The molecule has 0 saturated carbocycles. The van der Waals surface area contributed by atoms with Crippen LogP contribution in [0.4, 0.5) is 4.79 Å². The molecule has 0 unspecified atom stereocenters. The minimum Gasteiger partial charge on any atom is -0.463 e. The third-order valence-electron chi connectivity index (χ3n) is 12.2. The van der Waals surface area contributed by atoms with E-state index in [4.69, 9.17) is 68.0 Å². The van der Waals surface area contributed by atoms with Crippen molar-refractivity contribution in [3.63, 3.8) is 0 Å². The average Bonchev–Trinajstić information content (AvgIpc) is 3.30. The Morgan fingerprint density at radius 1 is 0.539 bits per heavy atom. The van der Waals surface area contributed by atoms with Gasteiger partial charge in [0, 0.05) is 48.5 Å². The quantitative estimate of drug-likeness (QED) is 0.0623. The number of hydrogen-bond acceptors (Lipinski definition) is 22. The standard InChI is InChI=1S/C49H66N4O22Si/c1-23(54)52-34-38(67-27(5)58)36(66-26(4)57)32(21-64-25(3)56)70-46(34)73-37-33(22-65-76(49(8,9)10,30-17-13-11-14-18-30)31-19-15-12-16-20-31)71-47(35(53-24(2)55)39(37)68-28(6)59)74-43-41(75-48(51)63)40(69-29(7)60)42(44(50)61)72-45(43)62/h11-20,32-43,45-47,62H,21-22H2,1-10H3,(H2,50,61)(H2,51,63)(H,52,54)(H,53,55)/t32-,33-,34-,35-,36-,37-,38-,39-,40+,41+,42+,43-,45+,46+,47+/m1/s1. The minimum absolute atomic E-state index is 0.523. The Labute approximate surface area is 438 Å². The molecule has 15 atom stereocenters. The molecule has 26 nitrogen and oxygen atoms in total. The van der Waals surface area contributed by atoms with E-state index in [0.717, 1.165) is 58.8 Å². The van der Waals surface area contributed by atoms with Crippen molar-refractivity contribution < 1.29 is 105 Å². The number of rotatable bonds is 19. The van der Waals surface area contributed by atoms with Crippen LogP contribution in [0, 0.1) is 0 Å². The van der Waals surface area contributed by atoms with Gasteiger partial charge in [-0.3, -0.25) is 38.4 Å². The number of aliphatic hydroxyl groups excluding tert-OH is 1. The summed E-state index contributed by atoms with van der Waals surface area (Å²) >= 11 is 0. The Kier molecular flexibility index (Phi) is 20.6. The number of carbonyl (C=O) groups is 9. The molecule has 418 valence electrons. The van der Waals surface area contributed by atoms with E-state index in [0.29, 0.717) is 0 Å². The fraction of sp³-hybridized carbons (Fsp3) is 0.571. The molecule has 0 aromatic heterocycles. The molecule has 76 heavy (non-hydrogen) atoms. The van der Waals surface area contributed by atoms with Crippen LogP contribution in [0.1, 0.15) is 69.2 Å². The van der Waals surface area contributed by atoms with E-state index in [-0.39, 0.29) is 0 Å². The lowest BCUT2D eigenvalue weighted by Gasteiger charge is -2.51. The second-order valence-corrected chi connectivity index (χ2v) is 23.4. The first-order valence-corrected chi connectivity index (χ1v) is 25.9. The number of hydrogen-bond donors (Lipinski definition) is 5. The molecule has 2 aromatic carbocycles. The molecule has 0 aliphatic carbocycles. The van der Waals surface area contributed by atoms with Crippen molar-refractivity contribution in [1.29, 1.82) is 0 Å². The number of primary amides is 2. The molecular weight excluding hydrogens is 1020 g/mol. The molecule has 7 N–H and O–H groups in total. The number of esters is 5. The smallest absolute Gasteiger partial charge is 0.405 e. The van der Waals surface area contributed by atoms with Gasteiger partial charge in [0.15, 0.2) is 61.6 Å². The molecule has 0 bridgehead atoms. The Balaban J connectivity index is 1.78. The predicted octanol–water partition coefficient (Wildman–Crippen LogP) is -1.25. The van der Waals surface area contributed by atoms with Gasteiger partial charge >= 0.3 is 35.9 Å². The molecule has 3 fully saturated rings. The zero-order valence-corrected chi connectivity index (χ0v) is 44.5. The Morgan fingerprint density at radius 3 is 1.37 bits per heavy atom. The van der Waals surface area contributed by atoms with Gasteiger partial charge in [-0.25, -0.2) is 4.79 Å². The normalized spacial score (nSPS) is 29.5. The molecule has 3 aliphatic rings. The summed E-state index contributed by atoms with van der Waals surface area (Å²) in [7, 11) is -3.60. The zero-order chi connectivity index (χ0) is 56.4. The van der Waals surface area contributed by atoms with Crippen LogP contribution in [0.15, 0.2) is 60.7 Å². The zero-order valence-electron chi connectivity index (χ0n) is 43.5. The number of ether oxygens (including phenoxy) is 11. The molecule has 27 heteroatoms. The maximum Gasteiger partial charge on any atom is 0.405 e. The van der Waals surface area contributed by atoms with E-state index in [2.05, 4.69) is 10.6 Å². The van der Waals surface area contributed by atoms with Crippen molar-refractivity contribution in [2.24, 2.45) is 11.5 Å². The molecule has 4 amide bonds. The van der Waals surface area contributed by atoms with E-state index in [1.807, 2.05) is 81.4 Å². The van der Waals surface area contributed by atoms with Crippen molar-refractivity contribution in [1.82, 2.24) is 10.6 Å². The second kappa shape index (κ2) is 26.0. The van der Waals surface area contributed by atoms with Gasteiger partial charge < -0.3 is 83.7 Å². The number of benzene rings is 2. The highest BCUT2D eigenvalue weighted by Crippen LogP contribution is 2.40. The summed E-state index contributed by atoms with van der Waals surface area (Å²) in [6.45, 7) is 12.1. The molecule has 3 heterocycles. The van der Waals surface area contributed by atoms with Gasteiger partial charge in [-0.2, -0.15) is 0 Å². The second-order valence-electron chi connectivity index (χ2n) is 19.1. The SMILES string of the molecule is CC(=O)N[C@H]1[C@H](O[C@H]2[C@H](OC(C)=O)[C@@H](NC(C)=O)[C@H](O[C@@H]3[C@@H](OC(N)=O)[C@H](OC(C)=O)[C@@H](C(N)=O)O[C@@H]3O)O[C@@H]2CO[Si](c2ccccc2)(c2ccccc2)C(C)(C)C)O[C@H](COC(C)=O)[C@@H](OC(C)=O)[C@@H]1OC(C)=O. The summed E-state index contributed by atoms with van der Waals surface area (Å²) in [5.74, 6) is -7.42. The van der Waals surface area contributed by atoms with Gasteiger partial charge in [-0.1, -0.05) is 81.4 Å². The fourth-order valence-electron chi connectivity index (χ4n) is 9.51. The lowest BCUT2D eigenvalue weighted by atomic mass is 9.93. The number of carbonyl (C=O) groups excluding carboxylic acids is 9. The van der Waals surface area contributed by atoms with Crippen LogP contribution in [-0.2, 0) is 94.9 Å². The highest BCUT2D eigenvalue weighted by molar-refractivity contribution is 6.99. The number of amides is 4. The van der Waals surface area contributed by atoms with Crippen LogP contribution in [0.5, 0.6) is 0 Å². The summed E-state index contributed by atoms with van der Waals surface area (Å²) in [6.07, 6.45) is -25.3. The topological polar surface area (TPSA) is 361 Å². The minimum atomic E-state index is -3.60. The maximum atomic E-state index is 13.4. The maximum absolute atomic E-state index is 13.4. The van der Waals surface area contributed by atoms with Gasteiger partial charge in [0.05, 0.1) is 6.61 Å². The molecule has 5 rings (SSSR count). The van der Waals surface area contributed by atoms with Gasteiger partial charge in [-0.05, 0) is 15.4 Å². The lowest BCUT2D eigenvalue weighted by Crippen LogP contribution is -2.72. The molecule has 0 spiro atoms. The summed E-state index contributed by atoms with van der Waals surface area (Å²) in [5.41, 5.74) is 11.0. The largest absolute Gasteiger partial charge is 0.463 e. The predicted molar refractivity (Wildman–Crippen MR) is 259 cm³/mol. The van der Waals surface area contributed by atoms with E-state index >= 15 is 0 Å². The first kappa shape index (κ1) is 60.3. The first-order chi connectivity index (χ1) is 35.6. The number of nitrogens with one attached hydrogen (secondary N) is 2. The Hall–Kier alpha value is -6.59. The van der Waals surface area contributed by atoms with Crippen molar-refractivity contribution in [3.8, 4) is 0 Å². The van der Waals surface area contributed by atoms with Crippen molar-refractivity contribution in [2.45, 2.75) is 166 Å². The monoisotopic (exact) mass is 1090 g/mol. The van der Waals surface area contributed by atoms with E-state index in [9.17, 15) is 48.3 Å². The molecule has 3 saturated heterocycles. The summed E-state index contributed by atoms with van der Waals surface area (Å²) < 4.78 is 72.5. The highest BCUT2D eigenvalue weighted by atomic mass is 28.4.